The minimum atomic E-state index is -2.67. The van der Waals surface area contributed by atoms with Gasteiger partial charge >= 0.3 is 0 Å². The van der Waals surface area contributed by atoms with Crippen molar-refractivity contribution in [2.75, 3.05) is 13.1 Å². The maximum Gasteiger partial charge on any atom is 0.245 e. The molecule has 1 aromatic rings. The molecule has 1 aromatic carbocycles. The Morgan fingerprint density at radius 3 is 2.68 bits per heavy atom. The van der Waals surface area contributed by atoms with Crippen molar-refractivity contribution in [2.24, 2.45) is 5.92 Å². The minimum absolute atomic E-state index is 0.0773. The van der Waals surface area contributed by atoms with Crippen LogP contribution in [0.25, 0.3) is 0 Å². The molecule has 0 radical (unpaired) electrons. The van der Waals surface area contributed by atoms with Gasteiger partial charge in [-0.15, -0.1) is 0 Å². The lowest BCUT2D eigenvalue weighted by Crippen LogP contribution is -2.44. The largest absolute Gasteiger partial charge is 0.385 e. The average Bonchev–Trinajstić information content (AvgIpc) is 2.46. The summed E-state index contributed by atoms with van der Waals surface area (Å²) in [7, 11) is 0. The monoisotopic (exact) mass is 311 g/mol. The van der Waals surface area contributed by atoms with Gasteiger partial charge in [-0.1, -0.05) is 29.8 Å². The van der Waals surface area contributed by atoms with Crippen LogP contribution in [-0.4, -0.2) is 24.1 Å². The number of piperidine rings is 1. The van der Waals surface area contributed by atoms with Crippen molar-refractivity contribution in [3.05, 3.63) is 35.4 Å². The second kappa shape index (κ2) is 7.05. The van der Waals surface area contributed by atoms with Crippen LogP contribution in [0, 0.1) is 12.8 Å². The number of aryl methyl sites for hydroxylation is 1. The molecular weight excluding hydrogens is 284 g/mol. The van der Waals surface area contributed by atoms with Crippen LogP contribution in [0.2, 0.25) is 0 Å². The van der Waals surface area contributed by atoms with Gasteiger partial charge in [0.05, 0.1) is 5.60 Å². The predicted molar refractivity (Wildman–Crippen MR) is 85.1 cm³/mol. The topological polar surface area (TPSA) is 32.3 Å². The van der Waals surface area contributed by atoms with E-state index in [1.165, 1.54) is 0 Å². The molecule has 0 spiro atoms. The third kappa shape index (κ3) is 4.50. The van der Waals surface area contributed by atoms with Gasteiger partial charge in [-0.2, -0.15) is 0 Å². The summed E-state index contributed by atoms with van der Waals surface area (Å²) in [4.78, 5) is 0. The van der Waals surface area contributed by atoms with Crippen molar-refractivity contribution in [2.45, 2.75) is 57.5 Å². The highest BCUT2D eigenvalue weighted by molar-refractivity contribution is 5.28. The maximum absolute atomic E-state index is 13.1. The van der Waals surface area contributed by atoms with E-state index in [0.717, 1.165) is 44.0 Å². The Balaban J connectivity index is 2.19. The van der Waals surface area contributed by atoms with Crippen molar-refractivity contribution >= 4 is 0 Å². The van der Waals surface area contributed by atoms with Crippen molar-refractivity contribution < 1.29 is 13.9 Å². The molecular formula is C18H27F2NO. The molecule has 2 unspecified atom stereocenters. The second-order valence-electron chi connectivity index (χ2n) is 6.76. The van der Waals surface area contributed by atoms with Crippen molar-refractivity contribution in [3.8, 4) is 0 Å². The summed E-state index contributed by atoms with van der Waals surface area (Å²) >= 11 is 0. The van der Waals surface area contributed by atoms with E-state index in [0.29, 0.717) is 12.8 Å². The summed E-state index contributed by atoms with van der Waals surface area (Å²) in [5, 5.41) is 14.7. The zero-order valence-electron chi connectivity index (χ0n) is 13.5. The van der Waals surface area contributed by atoms with Gasteiger partial charge in [-0.3, -0.25) is 0 Å². The Morgan fingerprint density at radius 1 is 1.32 bits per heavy atom. The van der Waals surface area contributed by atoms with Crippen LogP contribution in [0.15, 0.2) is 24.3 Å². The molecule has 2 N–H and O–H groups in total. The van der Waals surface area contributed by atoms with E-state index in [9.17, 15) is 13.9 Å². The van der Waals surface area contributed by atoms with Gasteiger partial charge in [0.15, 0.2) is 0 Å². The molecule has 4 heteroatoms. The van der Waals surface area contributed by atoms with E-state index >= 15 is 0 Å². The van der Waals surface area contributed by atoms with Crippen molar-refractivity contribution in [3.63, 3.8) is 0 Å². The lowest BCUT2D eigenvalue weighted by Gasteiger charge is -2.39. The van der Waals surface area contributed by atoms with Gasteiger partial charge in [0, 0.05) is 18.9 Å². The number of hydrogen-bond donors (Lipinski definition) is 2. The van der Waals surface area contributed by atoms with Gasteiger partial charge in [0.2, 0.25) is 5.92 Å². The Morgan fingerprint density at radius 2 is 2.09 bits per heavy atom. The zero-order valence-corrected chi connectivity index (χ0v) is 13.5. The third-order valence-electron chi connectivity index (χ3n) is 4.66. The summed E-state index contributed by atoms with van der Waals surface area (Å²) in [6, 6.07) is 7.83. The summed E-state index contributed by atoms with van der Waals surface area (Å²) in [6.07, 6.45) is 2.47. The van der Waals surface area contributed by atoms with Gasteiger partial charge in [-0.25, -0.2) is 8.78 Å². The fraction of sp³-hybridized carbons (Fsp3) is 0.667. The van der Waals surface area contributed by atoms with E-state index in [-0.39, 0.29) is 12.3 Å². The van der Waals surface area contributed by atoms with E-state index in [2.05, 4.69) is 5.32 Å². The van der Waals surface area contributed by atoms with E-state index in [1.54, 1.807) is 0 Å². The number of alkyl halides is 2. The van der Waals surface area contributed by atoms with Crippen LogP contribution >= 0.6 is 0 Å². The summed E-state index contributed by atoms with van der Waals surface area (Å²) in [5.41, 5.74) is 0.922. The Bertz CT molecular complexity index is 480. The lowest BCUT2D eigenvalue weighted by atomic mass is 9.74. The lowest BCUT2D eigenvalue weighted by molar-refractivity contribution is -0.0520. The molecule has 1 fully saturated rings. The molecule has 124 valence electrons. The van der Waals surface area contributed by atoms with Crippen molar-refractivity contribution in [1.29, 1.82) is 0 Å². The average molecular weight is 311 g/mol. The molecule has 0 amide bonds. The highest BCUT2D eigenvalue weighted by Crippen LogP contribution is 2.39. The molecule has 0 bridgehead atoms. The van der Waals surface area contributed by atoms with Gasteiger partial charge < -0.3 is 10.4 Å². The van der Waals surface area contributed by atoms with Crippen LogP contribution in [0.4, 0.5) is 8.78 Å². The summed E-state index contributed by atoms with van der Waals surface area (Å²) in [6.45, 7) is 4.64. The van der Waals surface area contributed by atoms with Gasteiger partial charge in [-0.05, 0) is 51.6 Å². The standard InChI is InChI=1S/C18H27F2NO/c1-14-6-3-7-15(12-14)18(22,10-5-9-17(2,19)20)16-8-4-11-21-13-16/h3,6-7,12,16,21-22H,4-5,8-11,13H2,1-2H3. The van der Waals surface area contributed by atoms with Gasteiger partial charge in [0.25, 0.3) is 0 Å². The summed E-state index contributed by atoms with van der Waals surface area (Å²) < 4.78 is 26.2. The van der Waals surface area contributed by atoms with Crippen LogP contribution < -0.4 is 5.32 Å². The van der Waals surface area contributed by atoms with Crippen molar-refractivity contribution in [1.82, 2.24) is 5.32 Å². The first kappa shape index (κ1) is 17.4. The molecule has 0 aliphatic carbocycles. The molecule has 2 rings (SSSR count). The Hall–Kier alpha value is -1.00. The quantitative estimate of drug-likeness (QED) is 0.832. The first-order valence-corrected chi connectivity index (χ1v) is 8.19. The molecule has 1 aliphatic heterocycles. The molecule has 1 aliphatic rings. The summed E-state index contributed by atoms with van der Waals surface area (Å²) in [5.74, 6) is -2.59. The molecule has 1 heterocycles. The smallest absolute Gasteiger partial charge is 0.245 e. The first-order valence-electron chi connectivity index (χ1n) is 8.19. The third-order valence-corrected chi connectivity index (χ3v) is 4.66. The van der Waals surface area contributed by atoms with E-state index in [4.69, 9.17) is 0 Å². The SMILES string of the molecule is Cc1cccc(C(O)(CCCC(C)(F)F)C2CCCNC2)c1. The number of benzene rings is 1. The Labute approximate surface area is 131 Å². The number of rotatable bonds is 6. The fourth-order valence-electron chi connectivity index (χ4n) is 3.43. The number of nitrogens with one attached hydrogen (secondary N) is 1. The van der Waals surface area contributed by atoms with E-state index < -0.39 is 11.5 Å². The molecule has 2 nitrogen and oxygen atoms in total. The van der Waals surface area contributed by atoms with Crippen LogP contribution in [0.1, 0.15) is 50.2 Å². The predicted octanol–water partition coefficient (Wildman–Crippen LogP) is 4.01. The van der Waals surface area contributed by atoms with Crippen LogP contribution in [0.3, 0.4) is 0 Å². The van der Waals surface area contributed by atoms with Crippen LogP contribution in [-0.2, 0) is 5.60 Å². The molecule has 0 aromatic heterocycles. The first-order chi connectivity index (χ1) is 10.3. The van der Waals surface area contributed by atoms with Crippen LogP contribution in [0.5, 0.6) is 0 Å². The fourth-order valence-corrected chi connectivity index (χ4v) is 3.43. The molecule has 0 saturated carbocycles. The minimum Gasteiger partial charge on any atom is -0.385 e. The van der Waals surface area contributed by atoms with E-state index in [1.807, 2.05) is 31.2 Å². The molecule has 2 atom stereocenters. The number of halogens is 2. The normalized spacial score (nSPS) is 22.3. The molecule has 1 saturated heterocycles. The molecule has 22 heavy (non-hydrogen) atoms. The highest BCUT2D eigenvalue weighted by Gasteiger charge is 2.39. The van der Waals surface area contributed by atoms with Gasteiger partial charge in [0.1, 0.15) is 0 Å². The maximum atomic E-state index is 13.1. The Kier molecular flexibility index (Phi) is 5.56. The number of hydrogen-bond acceptors (Lipinski definition) is 2. The number of aliphatic hydroxyl groups is 1. The second-order valence-corrected chi connectivity index (χ2v) is 6.76. The zero-order chi connectivity index (χ0) is 16.2. The highest BCUT2D eigenvalue weighted by atomic mass is 19.3.